The number of carbonyl (C=O) groups excluding carboxylic acids is 1. The smallest absolute Gasteiger partial charge is 0.397 e. The summed E-state index contributed by atoms with van der Waals surface area (Å²) in [6, 6.07) is 0. The zero-order valence-corrected chi connectivity index (χ0v) is 43.4. The Labute approximate surface area is 405 Å². The molecule has 0 bridgehead atoms. The lowest BCUT2D eigenvalue weighted by Crippen LogP contribution is -2.60. The molecule has 0 amide bonds. The van der Waals surface area contributed by atoms with E-state index in [0.717, 1.165) is 38.5 Å². The average Bonchev–Trinajstić information content (AvgIpc) is 3.29. The standard InChI is InChI=1S/C53H104O12S/c1-3-5-7-9-11-13-15-17-19-21-23-24-26-28-30-32-34-36-38-40-42-49(55)63-47(46-62-53-51(57)52(65-66(58,59)60)50(56)48(44-54)64-53)45-61-43-41-39-37-35-33-31-29-27-25-22-20-18-16-14-12-10-8-6-4-2/h47-48,50-54,56-57H,3-46H2,1-2H3,(H,58,59,60). The molecule has 12 nitrogen and oxygen atoms in total. The molecule has 1 saturated heterocycles. The summed E-state index contributed by atoms with van der Waals surface area (Å²) in [6.07, 6.45) is 41.4. The van der Waals surface area contributed by atoms with Gasteiger partial charge in [0.1, 0.15) is 30.5 Å². The number of hydrogen-bond acceptors (Lipinski definition) is 11. The molecule has 6 atom stereocenters. The van der Waals surface area contributed by atoms with E-state index in [2.05, 4.69) is 18.0 Å². The van der Waals surface area contributed by atoms with Crippen LogP contribution in [0, 0.1) is 0 Å². The molecule has 0 aliphatic carbocycles. The monoisotopic (exact) mass is 965 g/mol. The van der Waals surface area contributed by atoms with E-state index in [4.69, 9.17) is 18.9 Å². The van der Waals surface area contributed by atoms with Gasteiger partial charge in [-0.05, 0) is 12.8 Å². The van der Waals surface area contributed by atoms with E-state index < -0.39 is 53.8 Å². The van der Waals surface area contributed by atoms with Crippen molar-refractivity contribution in [1.82, 2.24) is 0 Å². The highest BCUT2D eigenvalue weighted by atomic mass is 32.3. The summed E-state index contributed by atoms with van der Waals surface area (Å²) in [5.41, 5.74) is 0. The molecule has 0 aromatic carbocycles. The van der Waals surface area contributed by atoms with Gasteiger partial charge in [0.2, 0.25) is 0 Å². The summed E-state index contributed by atoms with van der Waals surface area (Å²) < 4.78 is 59.4. The van der Waals surface area contributed by atoms with Crippen molar-refractivity contribution in [2.24, 2.45) is 0 Å². The van der Waals surface area contributed by atoms with Gasteiger partial charge in [-0.3, -0.25) is 9.35 Å². The molecule has 0 spiro atoms. The molecule has 13 heteroatoms. The molecular weight excluding hydrogens is 861 g/mol. The topological polar surface area (TPSA) is 178 Å². The van der Waals surface area contributed by atoms with Crippen molar-refractivity contribution in [1.29, 1.82) is 0 Å². The zero-order chi connectivity index (χ0) is 48.2. The van der Waals surface area contributed by atoms with Gasteiger partial charge in [0.05, 0.1) is 19.8 Å². The highest BCUT2D eigenvalue weighted by Crippen LogP contribution is 2.26. The van der Waals surface area contributed by atoms with Gasteiger partial charge < -0.3 is 34.3 Å². The van der Waals surface area contributed by atoms with E-state index in [1.807, 2.05) is 0 Å². The maximum Gasteiger partial charge on any atom is 0.397 e. The number of carbonyl (C=O) groups is 1. The Morgan fingerprint density at radius 3 is 1.21 bits per heavy atom. The lowest BCUT2D eigenvalue weighted by atomic mass is 9.99. The van der Waals surface area contributed by atoms with Crippen molar-refractivity contribution in [3.8, 4) is 0 Å². The number of ether oxygens (including phenoxy) is 4. The first kappa shape index (κ1) is 63.1. The van der Waals surface area contributed by atoms with Crippen molar-refractivity contribution in [2.75, 3.05) is 26.4 Å². The minimum Gasteiger partial charge on any atom is -0.457 e. The van der Waals surface area contributed by atoms with Gasteiger partial charge in [-0.1, -0.05) is 251 Å². The van der Waals surface area contributed by atoms with Crippen molar-refractivity contribution in [3.63, 3.8) is 0 Å². The Hall–Kier alpha value is -0.900. The lowest BCUT2D eigenvalue weighted by Gasteiger charge is -2.41. The van der Waals surface area contributed by atoms with E-state index in [0.29, 0.717) is 13.0 Å². The summed E-state index contributed by atoms with van der Waals surface area (Å²) in [4.78, 5) is 12.9. The van der Waals surface area contributed by atoms with Gasteiger partial charge in [-0.25, -0.2) is 4.18 Å². The Morgan fingerprint density at radius 1 is 0.515 bits per heavy atom. The largest absolute Gasteiger partial charge is 0.457 e. The maximum atomic E-state index is 12.9. The zero-order valence-electron chi connectivity index (χ0n) is 42.5. The molecule has 1 fully saturated rings. The van der Waals surface area contributed by atoms with Crippen LogP contribution in [0.15, 0.2) is 0 Å². The molecule has 1 rings (SSSR count). The number of aliphatic hydroxyl groups is 3. The first-order chi connectivity index (χ1) is 32.1. The third-order valence-corrected chi connectivity index (χ3v) is 13.7. The Balaban J connectivity index is 2.30. The van der Waals surface area contributed by atoms with Crippen LogP contribution in [0.5, 0.6) is 0 Å². The van der Waals surface area contributed by atoms with Crippen LogP contribution in [0.3, 0.4) is 0 Å². The first-order valence-corrected chi connectivity index (χ1v) is 29.2. The SMILES string of the molecule is CCCCCCCCCCCCCCCCCCCCCCC(=O)OC(COCCCCCCCCCCCCCCCCCCCCC)COC1OC(CO)C(O)C(OS(=O)(=O)O)C1O. The molecule has 4 N–H and O–H groups in total. The van der Waals surface area contributed by atoms with Crippen LogP contribution in [-0.2, 0) is 38.3 Å². The van der Waals surface area contributed by atoms with Gasteiger partial charge in [-0.15, -0.1) is 0 Å². The molecule has 0 aromatic rings. The van der Waals surface area contributed by atoms with Gasteiger partial charge in [-0.2, -0.15) is 8.42 Å². The second-order valence-corrected chi connectivity index (χ2v) is 20.6. The summed E-state index contributed by atoms with van der Waals surface area (Å²) in [6.45, 7) is 4.07. The van der Waals surface area contributed by atoms with Gasteiger partial charge >= 0.3 is 16.4 Å². The summed E-state index contributed by atoms with van der Waals surface area (Å²) in [5.74, 6) is -0.389. The molecule has 1 aliphatic rings. The van der Waals surface area contributed by atoms with E-state index in [1.54, 1.807) is 0 Å². The van der Waals surface area contributed by atoms with Crippen LogP contribution in [-0.4, -0.2) is 97.5 Å². The van der Waals surface area contributed by atoms with E-state index in [-0.39, 0.29) is 25.6 Å². The van der Waals surface area contributed by atoms with Crippen LogP contribution in [0.4, 0.5) is 0 Å². The minimum atomic E-state index is -5.06. The van der Waals surface area contributed by atoms with Crippen molar-refractivity contribution >= 4 is 16.4 Å². The molecule has 1 aliphatic heterocycles. The molecule has 66 heavy (non-hydrogen) atoms. The Bertz CT molecular complexity index is 1160. The van der Waals surface area contributed by atoms with Crippen LogP contribution in [0.2, 0.25) is 0 Å². The van der Waals surface area contributed by atoms with E-state index >= 15 is 0 Å². The Kier molecular flexibility index (Phi) is 43.3. The number of hydrogen-bond donors (Lipinski definition) is 4. The van der Waals surface area contributed by atoms with Crippen molar-refractivity contribution < 1.29 is 56.2 Å². The van der Waals surface area contributed by atoms with E-state index in [9.17, 15) is 33.1 Å². The van der Waals surface area contributed by atoms with Crippen LogP contribution >= 0.6 is 0 Å². The number of esters is 1. The van der Waals surface area contributed by atoms with Crippen LogP contribution in [0.1, 0.15) is 271 Å². The lowest BCUT2D eigenvalue weighted by molar-refractivity contribution is -0.301. The normalized spacial score (nSPS) is 19.4. The quantitative estimate of drug-likeness (QED) is 0.0258. The predicted octanol–water partition coefficient (Wildman–Crippen LogP) is 13.2. The van der Waals surface area contributed by atoms with Crippen LogP contribution < -0.4 is 0 Å². The number of rotatable bonds is 50. The fraction of sp³-hybridized carbons (Fsp3) is 0.981. The molecular formula is C53H104O12S. The number of aliphatic hydroxyl groups excluding tert-OH is 3. The third-order valence-electron chi connectivity index (χ3n) is 13.2. The summed E-state index contributed by atoms with van der Waals surface area (Å²) in [5, 5.41) is 30.8. The second-order valence-electron chi connectivity index (χ2n) is 19.5. The average molecular weight is 965 g/mol. The fourth-order valence-corrected chi connectivity index (χ4v) is 9.54. The maximum absolute atomic E-state index is 12.9. The molecule has 0 saturated carbocycles. The Morgan fingerprint density at radius 2 is 0.864 bits per heavy atom. The second kappa shape index (κ2) is 45.3. The summed E-state index contributed by atoms with van der Waals surface area (Å²) in [7, 11) is -5.06. The van der Waals surface area contributed by atoms with E-state index in [1.165, 1.54) is 205 Å². The summed E-state index contributed by atoms with van der Waals surface area (Å²) >= 11 is 0. The van der Waals surface area contributed by atoms with Crippen LogP contribution in [0.25, 0.3) is 0 Å². The molecule has 394 valence electrons. The molecule has 0 aromatic heterocycles. The number of unbranched alkanes of at least 4 members (excludes halogenated alkanes) is 37. The van der Waals surface area contributed by atoms with Crippen molar-refractivity contribution in [2.45, 2.75) is 307 Å². The highest BCUT2D eigenvalue weighted by molar-refractivity contribution is 7.80. The molecule has 6 unspecified atom stereocenters. The minimum absolute atomic E-state index is 0.0455. The van der Waals surface area contributed by atoms with Gasteiger partial charge in [0, 0.05) is 13.0 Å². The predicted molar refractivity (Wildman–Crippen MR) is 267 cm³/mol. The first-order valence-electron chi connectivity index (χ1n) is 27.8. The highest BCUT2D eigenvalue weighted by Gasteiger charge is 2.48. The fourth-order valence-electron chi connectivity index (χ4n) is 9.03. The van der Waals surface area contributed by atoms with Gasteiger partial charge in [0.15, 0.2) is 6.29 Å². The van der Waals surface area contributed by atoms with Crippen molar-refractivity contribution in [3.05, 3.63) is 0 Å². The molecule has 0 radical (unpaired) electrons. The molecule has 1 heterocycles. The van der Waals surface area contributed by atoms with Gasteiger partial charge in [0.25, 0.3) is 0 Å². The third kappa shape index (κ3) is 37.9.